The highest BCUT2D eigenvalue weighted by Crippen LogP contribution is 2.47. The van der Waals surface area contributed by atoms with Gasteiger partial charge in [-0.2, -0.15) is 0 Å². The van der Waals surface area contributed by atoms with E-state index in [1.165, 1.54) is 19.2 Å². The number of hydrogen-bond donors (Lipinski definition) is 1. The number of halogens is 1. The molecule has 22 heavy (non-hydrogen) atoms. The van der Waals surface area contributed by atoms with Gasteiger partial charge in [-0.3, -0.25) is 14.5 Å². The molecule has 0 spiro atoms. The van der Waals surface area contributed by atoms with E-state index in [9.17, 15) is 19.1 Å². The second kappa shape index (κ2) is 6.04. The Kier molecular flexibility index (Phi) is 4.51. The van der Waals surface area contributed by atoms with Gasteiger partial charge < -0.3 is 9.84 Å². The lowest BCUT2D eigenvalue weighted by Gasteiger charge is -2.35. The molecule has 0 radical (unpaired) electrons. The molecule has 1 aromatic carbocycles. The first kappa shape index (κ1) is 16.4. The van der Waals surface area contributed by atoms with Crippen molar-refractivity contribution in [1.29, 1.82) is 0 Å². The zero-order valence-corrected chi connectivity index (χ0v) is 12.9. The van der Waals surface area contributed by atoms with Crippen LogP contribution in [0.2, 0.25) is 0 Å². The van der Waals surface area contributed by atoms with Crippen LogP contribution in [0.5, 0.6) is 0 Å². The predicted octanol–water partition coefficient (Wildman–Crippen LogP) is 2.22. The zero-order valence-electron chi connectivity index (χ0n) is 12.9. The number of benzene rings is 1. The monoisotopic (exact) mass is 309 g/mol. The van der Waals surface area contributed by atoms with E-state index in [4.69, 9.17) is 4.74 Å². The number of rotatable bonds is 4. The summed E-state index contributed by atoms with van der Waals surface area (Å²) < 4.78 is 18.0. The van der Waals surface area contributed by atoms with Crippen LogP contribution in [0.1, 0.15) is 31.4 Å². The maximum absolute atomic E-state index is 13.1. The van der Waals surface area contributed by atoms with Crippen LogP contribution in [0.25, 0.3) is 0 Å². The molecule has 0 aromatic heterocycles. The lowest BCUT2D eigenvalue weighted by Crippen LogP contribution is -2.49. The fraction of sp³-hybridized carbons (Fsp3) is 0.500. The van der Waals surface area contributed by atoms with Gasteiger partial charge in [-0.15, -0.1) is 0 Å². The van der Waals surface area contributed by atoms with E-state index in [0.717, 1.165) is 0 Å². The zero-order chi connectivity index (χ0) is 16.5. The van der Waals surface area contributed by atoms with Crippen molar-refractivity contribution in [2.45, 2.75) is 31.3 Å². The van der Waals surface area contributed by atoms with Crippen LogP contribution in [0, 0.1) is 11.7 Å². The van der Waals surface area contributed by atoms with Crippen molar-refractivity contribution in [1.82, 2.24) is 4.90 Å². The predicted molar refractivity (Wildman–Crippen MR) is 77.7 cm³/mol. The van der Waals surface area contributed by atoms with Gasteiger partial charge in [-0.25, -0.2) is 4.39 Å². The van der Waals surface area contributed by atoms with E-state index in [-0.39, 0.29) is 12.2 Å². The Morgan fingerprint density at radius 3 is 2.45 bits per heavy atom. The van der Waals surface area contributed by atoms with Crippen LogP contribution in [-0.4, -0.2) is 41.6 Å². The van der Waals surface area contributed by atoms with E-state index in [1.807, 2.05) is 6.92 Å². The van der Waals surface area contributed by atoms with Gasteiger partial charge in [0.25, 0.3) is 0 Å². The van der Waals surface area contributed by atoms with E-state index in [0.29, 0.717) is 12.0 Å². The number of likely N-dealkylation sites (N-methyl/N-ethyl adjacent to an activating group) is 1. The number of methoxy groups -OCH3 is 1. The average molecular weight is 309 g/mol. The molecule has 0 saturated carbocycles. The van der Waals surface area contributed by atoms with Crippen molar-refractivity contribution in [3.8, 4) is 0 Å². The van der Waals surface area contributed by atoms with Crippen molar-refractivity contribution >= 4 is 11.9 Å². The number of aliphatic carboxylic acids is 1. The van der Waals surface area contributed by atoms with Gasteiger partial charge in [0, 0.05) is 6.04 Å². The summed E-state index contributed by atoms with van der Waals surface area (Å²) in [5.41, 5.74) is -0.299. The molecule has 0 aliphatic carbocycles. The second-order valence-electron chi connectivity index (χ2n) is 5.63. The summed E-state index contributed by atoms with van der Waals surface area (Å²) in [6, 6.07) is 5.22. The number of carbonyl (C=O) groups excluding carboxylic acids is 1. The summed E-state index contributed by atoms with van der Waals surface area (Å²) >= 11 is 0. The first-order chi connectivity index (χ1) is 10.4. The average Bonchev–Trinajstić information content (AvgIpc) is 2.81. The molecular weight excluding hydrogens is 289 g/mol. The Balaban J connectivity index is 2.49. The molecule has 1 N–H and O–H groups in total. The summed E-state index contributed by atoms with van der Waals surface area (Å²) in [7, 11) is 3.02. The van der Waals surface area contributed by atoms with Crippen molar-refractivity contribution < 1.29 is 23.8 Å². The Hall–Kier alpha value is -1.95. The molecule has 2 rings (SSSR count). The fourth-order valence-electron chi connectivity index (χ4n) is 3.45. The van der Waals surface area contributed by atoms with Crippen molar-refractivity contribution in [3.05, 3.63) is 35.6 Å². The number of hydrogen-bond acceptors (Lipinski definition) is 4. The Morgan fingerprint density at radius 2 is 2.00 bits per heavy atom. The normalized spacial score (nSPS) is 28.5. The lowest BCUT2D eigenvalue weighted by atomic mass is 9.87. The Morgan fingerprint density at radius 1 is 1.41 bits per heavy atom. The molecule has 1 aliphatic rings. The third-order valence-electron chi connectivity index (χ3n) is 4.71. The van der Waals surface area contributed by atoms with E-state index in [1.54, 1.807) is 24.1 Å². The van der Waals surface area contributed by atoms with Crippen LogP contribution in [-0.2, 0) is 14.3 Å². The quantitative estimate of drug-likeness (QED) is 0.864. The van der Waals surface area contributed by atoms with E-state index in [2.05, 4.69) is 0 Å². The van der Waals surface area contributed by atoms with Gasteiger partial charge in [-0.1, -0.05) is 19.1 Å². The molecule has 0 unspecified atom stereocenters. The van der Waals surface area contributed by atoms with Gasteiger partial charge in [0.1, 0.15) is 11.4 Å². The summed E-state index contributed by atoms with van der Waals surface area (Å²) in [6.07, 6.45) is 0.613. The van der Waals surface area contributed by atoms with Gasteiger partial charge in [-0.05, 0) is 37.6 Å². The molecule has 5 nitrogen and oxygen atoms in total. The molecule has 0 amide bonds. The standard InChI is InChI=1S/C16H20FNO4/c1-4-16(15(21)22-3)9-12(14(19)20)13(18(16)2)10-5-7-11(17)8-6-10/h5-8,12-13H,4,9H2,1-3H3,(H,19,20)/t12-,13-,16+/m0/s1. The number of carbonyl (C=O) groups is 2. The Bertz CT molecular complexity index is 574. The van der Waals surface area contributed by atoms with E-state index < -0.39 is 29.4 Å². The molecule has 6 heteroatoms. The molecule has 1 saturated heterocycles. The second-order valence-corrected chi connectivity index (χ2v) is 5.63. The van der Waals surface area contributed by atoms with Crippen molar-refractivity contribution in [2.24, 2.45) is 5.92 Å². The van der Waals surface area contributed by atoms with Crippen LogP contribution in [0.4, 0.5) is 4.39 Å². The molecule has 1 aliphatic heterocycles. The molecule has 0 bridgehead atoms. The number of nitrogens with zero attached hydrogens (tertiary/aromatic N) is 1. The third kappa shape index (κ3) is 2.47. The van der Waals surface area contributed by atoms with Crippen molar-refractivity contribution in [2.75, 3.05) is 14.2 Å². The number of ether oxygens (including phenoxy) is 1. The number of carboxylic acids is 1. The molecule has 1 fully saturated rings. The minimum absolute atomic E-state index is 0.171. The molecular formula is C16H20FNO4. The van der Waals surface area contributed by atoms with Crippen LogP contribution in [0.3, 0.4) is 0 Å². The van der Waals surface area contributed by atoms with Crippen molar-refractivity contribution in [3.63, 3.8) is 0 Å². The number of carboxylic acid groups (broad SMARTS) is 1. The Labute approximate surface area is 128 Å². The fourth-order valence-corrected chi connectivity index (χ4v) is 3.45. The maximum atomic E-state index is 13.1. The number of likely N-dealkylation sites (tertiary alicyclic amines) is 1. The topological polar surface area (TPSA) is 66.8 Å². The summed E-state index contributed by atoms with van der Waals surface area (Å²) in [6.45, 7) is 1.83. The highest BCUT2D eigenvalue weighted by molar-refractivity contribution is 5.84. The minimum Gasteiger partial charge on any atom is -0.481 e. The molecule has 1 heterocycles. The van der Waals surface area contributed by atoms with Gasteiger partial charge >= 0.3 is 11.9 Å². The van der Waals surface area contributed by atoms with E-state index >= 15 is 0 Å². The SMILES string of the molecule is CC[C@]1(C(=O)OC)C[C@H](C(=O)O)[C@H](c2ccc(F)cc2)N1C. The molecule has 1 aromatic rings. The first-order valence-corrected chi connectivity index (χ1v) is 7.17. The first-order valence-electron chi connectivity index (χ1n) is 7.17. The highest BCUT2D eigenvalue weighted by Gasteiger charge is 2.56. The maximum Gasteiger partial charge on any atom is 0.326 e. The largest absolute Gasteiger partial charge is 0.481 e. The number of esters is 1. The summed E-state index contributed by atoms with van der Waals surface area (Å²) in [4.78, 5) is 25.7. The van der Waals surface area contributed by atoms with Crippen LogP contribution in [0.15, 0.2) is 24.3 Å². The smallest absolute Gasteiger partial charge is 0.326 e. The van der Waals surface area contributed by atoms with Crippen LogP contribution >= 0.6 is 0 Å². The van der Waals surface area contributed by atoms with Gasteiger partial charge in [0.2, 0.25) is 0 Å². The highest BCUT2D eigenvalue weighted by atomic mass is 19.1. The summed E-state index contributed by atoms with van der Waals surface area (Å²) in [5.74, 6) is -2.55. The van der Waals surface area contributed by atoms with Gasteiger partial charge in [0.05, 0.1) is 13.0 Å². The molecule has 120 valence electrons. The molecule has 3 atom stereocenters. The third-order valence-corrected chi connectivity index (χ3v) is 4.71. The summed E-state index contributed by atoms with van der Waals surface area (Å²) in [5, 5.41) is 9.55. The lowest BCUT2D eigenvalue weighted by molar-refractivity contribution is -0.153. The van der Waals surface area contributed by atoms with Crippen LogP contribution < -0.4 is 0 Å². The van der Waals surface area contributed by atoms with Gasteiger partial charge in [0.15, 0.2) is 0 Å². The minimum atomic E-state index is -0.975.